The van der Waals surface area contributed by atoms with Crippen LogP contribution in [0.1, 0.15) is 54.5 Å². The number of aliphatic carboxylic acids is 1. The SMILES string of the molecule is CC(C)c1ccc(N2CCc3cc(O)ccc3C2(C)c2ccc(C=CC(=O)O)cc2)cc1F. The van der Waals surface area contributed by atoms with Gasteiger partial charge in [0.1, 0.15) is 11.6 Å². The van der Waals surface area contributed by atoms with E-state index in [4.69, 9.17) is 5.11 Å². The number of benzene rings is 3. The predicted octanol–water partition coefficient (Wildman–Crippen LogP) is 6.08. The lowest BCUT2D eigenvalue weighted by molar-refractivity contribution is -0.131. The van der Waals surface area contributed by atoms with Gasteiger partial charge < -0.3 is 15.1 Å². The fourth-order valence-corrected chi connectivity index (χ4v) is 4.80. The minimum Gasteiger partial charge on any atom is -0.508 e. The molecule has 1 heterocycles. The number of halogens is 1. The van der Waals surface area contributed by atoms with Crippen molar-refractivity contribution in [1.82, 2.24) is 0 Å². The first-order valence-corrected chi connectivity index (χ1v) is 11.1. The molecule has 0 aliphatic carbocycles. The van der Waals surface area contributed by atoms with Crippen molar-refractivity contribution < 1.29 is 19.4 Å². The summed E-state index contributed by atoms with van der Waals surface area (Å²) in [6.45, 7) is 6.73. The highest BCUT2D eigenvalue weighted by atomic mass is 19.1. The fraction of sp³-hybridized carbons (Fsp3) is 0.250. The molecule has 0 aromatic heterocycles. The molecule has 1 aliphatic heterocycles. The molecular formula is C28H28FNO3. The summed E-state index contributed by atoms with van der Waals surface area (Å²) in [6.07, 6.45) is 3.39. The van der Waals surface area contributed by atoms with Gasteiger partial charge in [0.2, 0.25) is 0 Å². The van der Waals surface area contributed by atoms with Crippen LogP contribution >= 0.6 is 0 Å². The number of hydrogen-bond donors (Lipinski definition) is 2. The molecule has 2 N–H and O–H groups in total. The van der Waals surface area contributed by atoms with Gasteiger partial charge in [-0.15, -0.1) is 0 Å². The molecule has 0 saturated carbocycles. The van der Waals surface area contributed by atoms with Gasteiger partial charge in [-0.25, -0.2) is 9.18 Å². The molecule has 0 spiro atoms. The Hall–Kier alpha value is -3.60. The fourth-order valence-electron chi connectivity index (χ4n) is 4.80. The third kappa shape index (κ3) is 4.23. The van der Waals surface area contributed by atoms with Crippen LogP contribution in [0.5, 0.6) is 5.75 Å². The first-order chi connectivity index (χ1) is 15.7. The predicted molar refractivity (Wildman–Crippen MR) is 129 cm³/mol. The topological polar surface area (TPSA) is 60.8 Å². The molecule has 170 valence electrons. The average Bonchev–Trinajstić information content (AvgIpc) is 2.77. The van der Waals surface area contributed by atoms with E-state index in [9.17, 15) is 14.3 Å². The lowest BCUT2D eigenvalue weighted by Crippen LogP contribution is -2.49. The Labute approximate surface area is 193 Å². The van der Waals surface area contributed by atoms with Crippen LogP contribution in [-0.4, -0.2) is 22.7 Å². The second-order valence-electron chi connectivity index (χ2n) is 8.97. The van der Waals surface area contributed by atoms with Crippen LogP contribution in [0.4, 0.5) is 10.1 Å². The quantitative estimate of drug-likeness (QED) is 0.468. The number of aromatic hydroxyl groups is 1. The summed E-state index contributed by atoms with van der Waals surface area (Å²) in [5, 5.41) is 19.0. The third-order valence-electron chi connectivity index (χ3n) is 6.57. The van der Waals surface area contributed by atoms with Crippen LogP contribution in [0.25, 0.3) is 6.08 Å². The van der Waals surface area contributed by atoms with Crippen molar-refractivity contribution in [2.75, 3.05) is 11.4 Å². The lowest BCUT2D eigenvalue weighted by atomic mass is 9.76. The molecule has 1 unspecified atom stereocenters. The minimum atomic E-state index is -0.995. The standard InChI is InChI=1S/C28H28FNO3/c1-18(2)24-11-9-22(17-26(24)29)30-15-14-20-16-23(31)10-12-25(20)28(30,3)21-7-4-19(5-8-21)6-13-27(32)33/h4-13,16-18,31H,14-15H2,1-3H3,(H,32,33). The molecule has 3 aromatic carbocycles. The Balaban J connectivity index is 1.84. The maximum Gasteiger partial charge on any atom is 0.328 e. The van der Waals surface area contributed by atoms with Gasteiger partial charge in [0.05, 0.1) is 5.54 Å². The van der Waals surface area contributed by atoms with Gasteiger partial charge in [-0.3, -0.25) is 0 Å². The zero-order valence-electron chi connectivity index (χ0n) is 19.0. The van der Waals surface area contributed by atoms with E-state index >= 15 is 0 Å². The van der Waals surface area contributed by atoms with Gasteiger partial charge in [-0.05, 0) is 77.4 Å². The maximum absolute atomic E-state index is 14.9. The second-order valence-corrected chi connectivity index (χ2v) is 8.97. The Morgan fingerprint density at radius 3 is 2.45 bits per heavy atom. The van der Waals surface area contributed by atoms with E-state index in [1.165, 1.54) is 0 Å². The summed E-state index contributed by atoms with van der Waals surface area (Å²) in [4.78, 5) is 13.1. The van der Waals surface area contributed by atoms with E-state index < -0.39 is 11.5 Å². The number of hydrogen-bond acceptors (Lipinski definition) is 3. The van der Waals surface area contributed by atoms with Gasteiger partial charge in [-0.1, -0.05) is 50.2 Å². The first-order valence-electron chi connectivity index (χ1n) is 11.1. The highest BCUT2D eigenvalue weighted by Crippen LogP contribution is 2.44. The Kier molecular flexibility index (Phi) is 5.98. The largest absolute Gasteiger partial charge is 0.508 e. The van der Waals surface area contributed by atoms with Gasteiger partial charge in [-0.2, -0.15) is 0 Å². The summed E-state index contributed by atoms with van der Waals surface area (Å²) in [6, 6.07) is 18.6. The molecule has 5 heteroatoms. The van der Waals surface area contributed by atoms with Crippen molar-refractivity contribution in [3.05, 3.63) is 100 Å². The van der Waals surface area contributed by atoms with E-state index in [2.05, 4.69) is 11.8 Å². The summed E-state index contributed by atoms with van der Waals surface area (Å²) >= 11 is 0. The maximum atomic E-state index is 14.9. The Morgan fingerprint density at radius 1 is 1.09 bits per heavy atom. The number of phenolic OH excluding ortho intramolecular Hbond substituents is 1. The van der Waals surface area contributed by atoms with Gasteiger partial charge in [0, 0.05) is 18.3 Å². The minimum absolute atomic E-state index is 0.0990. The molecule has 1 aliphatic rings. The molecule has 1 atom stereocenters. The number of carboxylic acid groups (broad SMARTS) is 1. The zero-order chi connectivity index (χ0) is 23.8. The highest BCUT2D eigenvalue weighted by molar-refractivity contribution is 5.85. The summed E-state index contributed by atoms with van der Waals surface area (Å²) in [7, 11) is 0. The smallest absolute Gasteiger partial charge is 0.328 e. The van der Waals surface area contributed by atoms with E-state index in [0.29, 0.717) is 12.1 Å². The molecule has 3 aromatic rings. The van der Waals surface area contributed by atoms with Crippen molar-refractivity contribution in [2.45, 2.75) is 38.6 Å². The molecule has 4 rings (SSSR count). The number of anilines is 1. The van der Waals surface area contributed by atoms with Crippen LogP contribution in [0.2, 0.25) is 0 Å². The summed E-state index contributed by atoms with van der Waals surface area (Å²) in [5.41, 5.74) is 4.77. The molecule has 0 bridgehead atoms. The number of rotatable bonds is 5. The van der Waals surface area contributed by atoms with Crippen LogP contribution in [0.3, 0.4) is 0 Å². The van der Waals surface area contributed by atoms with Gasteiger partial charge in [0.25, 0.3) is 0 Å². The van der Waals surface area contributed by atoms with Crippen LogP contribution < -0.4 is 4.90 Å². The van der Waals surface area contributed by atoms with Crippen LogP contribution in [-0.2, 0) is 16.8 Å². The summed E-state index contributed by atoms with van der Waals surface area (Å²) in [5.74, 6) is -0.881. The number of carboxylic acids is 1. The average molecular weight is 446 g/mol. The second kappa shape index (κ2) is 8.74. The molecular weight excluding hydrogens is 417 g/mol. The van der Waals surface area contributed by atoms with Crippen LogP contribution in [0, 0.1) is 5.82 Å². The monoisotopic (exact) mass is 445 g/mol. The molecule has 0 saturated heterocycles. The summed E-state index contributed by atoms with van der Waals surface area (Å²) < 4.78 is 14.9. The van der Waals surface area contributed by atoms with E-state index in [-0.39, 0.29) is 17.5 Å². The van der Waals surface area contributed by atoms with Gasteiger partial charge in [0.15, 0.2) is 0 Å². The Morgan fingerprint density at radius 2 is 1.82 bits per heavy atom. The van der Waals surface area contributed by atoms with E-state index in [1.54, 1.807) is 24.3 Å². The van der Waals surface area contributed by atoms with E-state index in [0.717, 1.165) is 40.4 Å². The van der Waals surface area contributed by atoms with E-state index in [1.807, 2.05) is 56.3 Å². The van der Waals surface area contributed by atoms with Crippen molar-refractivity contribution in [1.29, 1.82) is 0 Å². The highest BCUT2D eigenvalue weighted by Gasteiger charge is 2.40. The number of phenols is 1. The third-order valence-corrected chi connectivity index (χ3v) is 6.57. The molecule has 33 heavy (non-hydrogen) atoms. The van der Waals surface area contributed by atoms with Crippen molar-refractivity contribution in [3.8, 4) is 5.75 Å². The molecule has 0 radical (unpaired) electrons. The molecule has 0 fully saturated rings. The van der Waals surface area contributed by atoms with Gasteiger partial charge >= 0.3 is 5.97 Å². The zero-order valence-corrected chi connectivity index (χ0v) is 19.0. The normalized spacial score (nSPS) is 18.0. The number of carbonyl (C=O) groups is 1. The van der Waals surface area contributed by atoms with Crippen molar-refractivity contribution >= 4 is 17.7 Å². The van der Waals surface area contributed by atoms with Crippen molar-refractivity contribution in [2.24, 2.45) is 0 Å². The molecule has 0 amide bonds. The van der Waals surface area contributed by atoms with Crippen LogP contribution in [0.15, 0.2) is 66.7 Å². The lowest BCUT2D eigenvalue weighted by Gasteiger charge is -2.48. The number of fused-ring (bicyclic) bond motifs is 1. The molecule has 4 nitrogen and oxygen atoms in total. The first kappa shape index (κ1) is 22.6. The number of nitrogens with zero attached hydrogens (tertiary/aromatic N) is 1. The van der Waals surface area contributed by atoms with Crippen molar-refractivity contribution in [3.63, 3.8) is 0 Å². The Bertz CT molecular complexity index is 1220.